The van der Waals surface area contributed by atoms with Gasteiger partial charge in [0.05, 0.1) is 0 Å². The number of nitrogens with one attached hydrogen (secondary N) is 1. The molecule has 3 heteroatoms. The molecule has 0 saturated heterocycles. The van der Waals surface area contributed by atoms with Gasteiger partial charge in [-0.25, -0.2) is 0 Å². The van der Waals surface area contributed by atoms with Crippen molar-refractivity contribution in [1.29, 1.82) is 0 Å². The topological polar surface area (TPSA) is 29.1 Å². The van der Waals surface area contributed by atoms with Crippen LogP contribution in [0.15, 0.2) is 0 Å². The van der Waals surface area contributed by atoms with Gasteiger partial charge in [0.15, 0.2) is 0 Å². The number of rotatable bonds is 5. The molecule has 0 radical (unpaired) electrons. The van der Waals surface area contributed by atoms with Crippen LogP contribution in [0.2, 0.25) is 0 Å². The predicted octanol–water partition coefficient (Wildman–Crippen LogP) is 2.57. The number of hydrogen-bond donors (Lipinski definition) is 1. The van der Waals surface area contributed by atoms with Crippen LogP contribution in [0.5, 0.6) is 0 Å². The summed E-state index contributed by atoms with van der Waals surface area (Å²) in [6, 6.07) is 0. The van der Waals surface area contributed by atoms with Gasteiger partial charge in [-0.15, -0.1) is 0 Å². The number of carbonyl (C=O) groups is 1. The lowest BCUT2D eigenvalue weighted by atomic mass is 9.97. The Morgan fingerprint density at radius 1 is 1.43 bits per heavy atom. The van der Waals surface area contributed by atoms with Gasteiger partial charge in [-0.05, 0) is 24.2 Å². The van der Waals surface area contributed by atoms with E-state index in [0.717, 1.165) is 11.9 Å². The van der Waals surface area contributed by atoms with Gasteiger partial charge < -0.3 is 5.32 Å². The van der Waals surface area contributed by atoms with Gasteiger partial charge in [-0.2, -0.15) is 0 Å². The average Bonchev–Trinajstić information content (AvgIpc) is 2.93. The van der Waals surface area contributed by atoms with Crippen LogP contribution in [0.25, 0.3) is 0 Å². The summed E-state index contributed by atoms with van der Waals surface area (Å²) in [5, 5.41) is 4.06. The van der Waals surface area contributed by atoms with Crippen molar-refractivity contribution in [3.8, 4) is 0 Å². The summed E-state index contributed by atoms with van der Waals surface area (Å²) in [7, 11) is 0. The maximum Gasteiger partial charge on any atom is 0.223 e. The molecule has 0 spiro atoms. The molecular weight excluding hydrogens is 242 g/mol. The Morgan fingerprint density at radius 3 is 2.36 bits per heavy atom. The molecule has 1 unspecified atom stereocenters. The number of halogens is 1. The summed E-state index contributed by atoms with van der Waals surface area (Å²) in [4.78, 5) is 11.6. The zero-order chi connectivity index (χ0) is 10.8. The first-order chi connectivity index (χ1) is 6.51. The molecule has 0 aromatic carbocycles. The van der Waals surface area contributed by atoms with E-state index < -0.39 is 0 Å². The lowest BCUT2D eigenvalue weighted by Crippen LogP contribution is -2.36. The normalized spacial score (nSPS) is 20.6. The van der Waals surface area contributed by atoms with E-state index in [1.54, 1.807) is 0 Å². The first kappa shape index (κ1) is 12.0. The van der Waals surface area contributed by atoms with E-state index in [-0.39, 0.29) is 11.8 Å². The summed E-state index contributed by atoms with van der Waals surface area (Å²) in [5.74, 6) is 0.752. The molecule has 14 heavy (non-hydrogen) atoms. The predicted molar refractivity (Wildman–Crippen MR) is 62.5 cm³/mol. The van der Waals surface area contributed by atoms with Crippen molar-refractivity contribution in [3.05, 3.63) is 0 Å². The molecule has 82 valence electrons. The minimum atomic E-state index is 0.126. The Hall–Kier alpha value is -0.0500. The van der Waals surface area contributed by atoms with E-state index in [1.807, 2.05) is 6.92 Å². The van der Waals surface area contributed by atoms with Crippen LogP contribution >= 0.6 is 15.9 Å². The van der Waals surface area contributed by atoms with Crippen molar-refractivity contribution in [2.75, 3.05) is 11.9 Å². The fraction of sp³-hybridized carbons (Fsp3) is 0.909. The second kappa shape index (κ2) is 4.65. The number of carbonyl (C=O) groups excluding carboxylic acids is 1. The van der Waals surface area contributed by atoms with Crippen molar-refractivity contribution < 1.29 is 4.79 Å². The minimum Gasteiger partial charge on any atom is -0.355 e. The molecule has 0 aromatic heterocycles. The van der Waals surface area contributed by atoms with Gasteiger partial charge in [0.2, 0.25) is 5.91 Å². The standard InChI is InChI=1S/C11H20BrNO/c1-8(2)9(3)10(14)13-7-11(6-12)4-5-11/h8-9H,4-7H2,1-3H3,(H,13,14). The molecule has 1 aliphatic rings. The molecule has 1 aliphatic carbocycles. The SMILES string of the molecule is CC(C)C(C)C(=O)NCC1(CBr)CC1. The third-order valence-corrected chi connectivity index (χ3v) is 4.48. The summed E-state index contributed by atoms with van der Waals surface area (Å²) in [6.07, 6.45) is 2.49. The van der Waals surface area contributed by atoms with Crippen molar-refractivity contribution in [3.63, 3.8) is 0 Å². The Morgan fingerprint density at radius 2 is 2.00 bits per heavy atom. The molecular formula is C11H20BrNO. The maximum atomic E-state index is 11.6. The highest BCUT2D eigenvalue weighted by molar-refractivity contribution is 9.09. The smallest absolute Gasteiger partial charge is 0.223 e. The fourth-order valence-corrected chi connectivity index (χ4v) is 2.03. The summed E-state index contributed by atoms with van der Waals surface area (Å²) < 4.78 is 0. The molecule has 0 bridgehead atoms. The average molecular weight is 262 g/mol. The van der Waals surface area contributed by atoms with Crippen molar-refractivity contribution in [1.82, 2.24) is 5.32 Å². The fourth-order valence-electron chi connectivity index (χ4n) is 1.27. The highest BCUT2D eigenvalue weighted by atomic mass is 79.9. The second-order valence-corrected chi connectivity index (χ2v) is 5.44. The van der Waals surface area contributed by atoms with Crippen LogP contribution in [0.3, 0.4) is 0 Å². The number of amides is 1. The van der Waals surface area contributed by atoms with Crippen LogP contribution in [0.1, 0.15) is 33.6 Å². The van der Waals surface area contributed by atoms with Gasteiger partial charge in [-0.1, -0.05) is 36.7 Å². The van der Waals surface area contributed by atoms with Gasteiger partial charge >= 0.3 is 0 Å². The zero-order valence-corrected chi connectivity index (χ0v) is 10.9. The van der Waals surface area contributed by atoms with E-state index >= 15 is 0 Å². The monoisotopic (exact) mass is 261 g/mol. The largest absolute Gasteiger partial charge is 0.355 e. The maximum absolute atomic E-state index is 11.6. The molecule has 2 nitrogen and oxygen atoms in total. The molecule has 0 aliphatic heterocycles. The zero-order valence-electron chi connectivity index (χ0n) is 9.27. The van der Waals surface area contributed by atoms with E-state index in [1.165, 1.54) is 12.8 Å². The Labute approximate surface area is 95.0 Å². The van der Waals surface area contributed by atoms with Gasteiger partial charge in [0.1, 0.15) is 0 Å². The molecule has 1 atom stereocenters. The quantitative estimate of drug-likeness (QED) is 0.758. The number of alkyl halides is 1. The Bertz CT molecular complexity index is 211. The van der Waals surface area contributed by atoms with Crippen molar-refractivity contribution in [2.24, 2.45) is 17.3 Å². The van der Waals surface area contributed by atoms with Crippen LogP contribution in [-0.4, -0.2) is 17.8 Å². The van der Waals surface area contributed by atoms with Crippen LogP contribution in [-0.2, 0) is 4.79 Å². The van der Waals surface area contributed by atoms with Gasteiger partial charge in [0.25, 0.3) is 0 Å². The Balaban J connectivity index is 2.28. The molecule has 0 heterocycles. The highest BCUT2D eigenvalue weighted by Crippen LogP contribution is 2.46. The van der Waals surface area contributed by atoms with Crippen LogP contribution in [0, 0.1) is 17.3 Å². The lowest BCUT2D eigenvalue weighted by Gasteiger charge is -2.18. The summed E-state index contributed by atoms with van der Waals surface area (Å²) in [6.45, 7) is 7.01. The van der Waals surface area contributed by atoms with Crippen molar-refractivity contribution >= 4 is 21.8 Å². The molecule has 1 amide bonds. The lowest BCUT2D eigenvalue weighted by molar-refractivity contribution is -0.125. The van der Waals surface area contributed by atoms with Gasteiger partial charge in [0, 0.05) is 17.8 Å². The third-order valence-electron chi connectivity index (χ3n) is 3.29. The first-order valence-corrected chi connectivity index (χ1v) is 6.46. The van der Waals surface area contributed by atoms with E-state index in [9.17, 15) is 4.79 Å². The number of hydrogen-bond acceptors (Lipinski definition) is 1. The molecule has 0 aromatic rings. The minimum absolute atomic E-state index is 0.126. The molecule has 1 N–H and O–H groups in total. The molecule has 1 saturated carbocycles. The molecule has 1 fully saturated rings. The Kier molecular flexibility index (Phi) is 3.99. The van der Waals surface area contributed by atoms with E-state index in [0.29, 0.717) is 11.3 Å². The first-order valence-electron chi connectivity index (χ1n) is 5.34. The summed E-state index contributed by atoms with van der Waals surface area (Å²) >= 11 is 3.50. The third kappa shape index (κ3) is 2.97. The van der Waals surface area contributed by atoms with E-state index in [2.05, 4.69) is 35.1 Å². The second-order valence-electron chi connectivity index (χ2n) is 4.88. The van der Waals surface area contributed by atoms with Crippen LogP contribution < -0.4 is 5.32 Å². The summed E-state index contributed by atoms with van der Waals surface area (Å²) in [5.41, 5.74) is 0.381. The van der Waals surface area contributed by atoms with Crippen molar-refractivity contribution in [2.45, 2.75) is 33.6 Å². The van der Waals surface area contributed by atoms with E-state index in [4.69, 9.17) is 0 Å². The highest BCUT2D eigenvalue weighted by Gasteiger charge is 2.41. The van der Waals surface area contributed by atoms with Gasteiger partial charge in [-0.3, -0.25) is 4.79 Å². The molecule has 1 rings (SSSR count). The van der Waals surface area contributed by atoms with Crippen LogP contribution in [0.4, 0.5) is 0 Å².